The summed E-state index contributed by atoms with van der Waals surface area (Å²) in [6.07, 6.45) is 0. The molecule has 0 saturated heterocycles. The van der Waals surface area contributed by atoms with E-state index in [-0.39, 0.29) is 0 Å². The van der Waals surface area contributed by atoms with Crippen LogP contribution in [0.4, 0.5) is 0 Å². The molecule has 0 amide bonds. The van der Waals surface area contributed by atoms with Crippen molar-refractivity contribution in [3.63, 3.8) is 0 Å². The van der Waals surface area contributed by atoms with Gasteiger partial charge in [0.2, 0.25) is 0 Å². The summed E-state index contributed by atoms with van der Waals surface area (Å²) in [6.45, 7) is 7.45. The third-order valence-corrected chi connectivity index (χ3v) is 0.611. The van der Waals surface area contributed by atoms with Gasteiger partial charge in [-0.2, -0.15) is 0 Å². The monoisotopic (exact) mass is 115 g/mol. The molecular formula is C6H13NO. The second-order valence-corrected chi connectivity index (χ2v) is 1.80. The van der Waals surface area contributed by atoms with Crippen LogP contribution in [0, 0.1) is 0 Å². The van der Waals surface area contributed by atoms with Gasteiger partial charge in [-0.1, -0.05) is 12.2 Å². The van der Waals surface area contributed by atoms with Gasteiger partial charge in [-0.05, 0) is 6.92 Å². The predicted molar refractivity (Wildman–Crippen MR) is 34.7 cm³/mol. The standard InChI is InChI=1S/C6H13NO/c1-6(2)5-8-4-3-7/h1,3-5,7H2,2H3. The molecule has 0 saturated carbocycles. The van der Waals surface area contributed by atoms with Crippen LogP contribution in [0.15, 0.2) is 12.2 Å². The Morgan fingerprint density at radius 1 is 1.75 bits per heavy atom. The first-order valence-electron chi connectivity index (χ1n) is 2.69. The molecule has 0 fully saturated rings. The van der Waals surface area contributed by atoms with E-state index in [1.807, 2.05) is 6.92 Å². The molecule has 0 aliphatic rings. The maximum Gasteiger partial charge on any atom is 0.0672 e. The molecule has 0 aromatic carbocycles. The Bertz CT molecular complexity index is 70.9. The van der Waals surface area contributed by atoms with Crippen LogP contribution in [0.2, 0.25) is 0 Å². The summed E-state index contributed by atoms with van der Waals surface area (Å²) in [6, 6.07) is 0. The van der Waals surface area contributed by atoms with E-state index < -0.39 is 0 Å². The van der Waals surface area contributed by atoms with Crippen LogP contribution >= 0.6 is 0 Å². The van der Waals surface area contributed by atoms with E-state index in [1.165, 1.54) is 0 Å². The van der Waals surface area contributed by atoms with Crippen molar-refractivity contribution in [2.24, 2.45) is 5.73 Å². The SMILES string of the molecule is C=C(C)COCCN. The van der Waals surface area contributed by atoms with Crippen LogP contribution in [0.25, 0.3) is 0 Å². The fourth-order valence-electron chi connectivity index (χ4n) is 0.330. The molecule has 0 atom stereocenters. The molecule has 2 N–H and O–H groups in total. The van der Waals surface area contributed by atoms with E-state index in [4.69, 9.17) is 10.5 Å². The second kappa shape index (κ2) is 4.81. The fourth-order valence-corrected chi connectivity index (χ4v) is 0.330. The molecule has 0 bridgehead atoms. The van der Waals surface area contributed by atoms with Gasteiger partial charge in [0, 0.05) is 6.54 Å². The van der Waals surface area contributed by atoms with Crippen LogP contribution < -0.4 is 5.73 Å². The van der Waals surface area contributed by atoms with E-state index in [0.29, 0.717) is 19.8 Å². The molecular weight excluding hydrogens is 102 g/mol. The summed E-state index contributed by atoms with van der Waals surface area (Å²) in [4.78, 5) is 0. The highest BCUT2D eigenvalue weighted by molar-refractivity contribution is 4.87. The Morgan fingerprint density at radius 3 is 2.75 bits per heavy atom. The lowest BCUT2D eigenvalue weighted by atomic mass is 10.4. The van der Waals surface area contributed by atoms with E-state index in [1.54, 1.807) is 0 Å². The molecule has 0 aromatic heterocycles. The minimum absolute atomic E-state index is 0.591. The third kappa shape index (κ3) is 5.66. The van der Waals surface area contributed by atoms with Gasteiger partial charge in [0.25, 0.3) is 0 Å². The van der Waals surface area contributed by atoms with Gasteiger partial charge in [0.05, 0.1) is 13.2 Å². The first-order chi connectivity index (χ1) is 3.77. The number of hydrogen-bond acceptors (Lipinski definition) is 2. The third-order valence-electron chi connectivity index (χ3n) is 0.611. The minimum Gasteiger partial charge on any atom is -0.376 e. The average molecular weight is 115 g/mol. The van der Waals surface area contributed by atoms with E-state index in [9.17, 15) is 0 Å². The molecule has 0 rings (SSSR count). The van der Waals surface area contributed by atoms with Crippen LogP contribution in [0.3, 0.4) is 0 Å². The van der Waals surface area contributed by atoms with Crippen molar-refractivity contribution in [1.82, 2.24) is 0 Å². The number of hydrogen-bond donors (Lipinski definition) is 1. The first-order valence-corrected chi connectivity index (χ1v) is 2.69. The summed E-state index contributed by atoms with van der Waals surface area (Å²) in [5.74, 6) is 0. The van der Waals surface area contributed by atoms with E-state index in [2.05, 4.69) is 6.58 Å². The molecule has 48 valence electrons. The molecule has 2 heteroatoms. The molecule has 0 radical (unpaired) electrons. The molecule has 0 aliphatic heterocycles. The Labute approximate surface area is 50.3 Å². The van der Waals surface area contributed by atoms with Crippen molar-refractivity contribution in [3.05, 3.63) is 12.2 Å². The van der Waals surface area contributed by atoms with Crippen molar-refractivity contribution in [2.45, 2.75) is 6.92 Å². The van der Waals surface area contributed by atoms with Gasteiger partial charge in [0.15, 0.2) is 0 Å². The zero-order chi connectivity index (χ0) is 6.41. The topological polar surface area (TPSA) is 35.2 Å². The minimum atomic E-state index is 0.591. The van der Waals surface area contributed by atoms with Gasteiger partial charge < -0.3 is 10.5 Å². The summed E-state index contributed by atoms with van der Waals surface area (Å²) in [7, 11) is 0. The highest BCUT2D eigenvalue weighted by Gasteiger charge is 1.82. The highest BCUT2D eigenvalue weighted by Crippen LogP contribution is 1.85. The summed E-state index contributed by atoms with van der Waals surface area (Å²) >= 11 is 0. The van der Waals surface area contributed by atoms with Crippen molar-refractivity contribution in [2.75, 3.05) is 19.8 Å². The Morgan fingerprint density at radius 2 is 2.38 bits per heavy atom. The Hall–Kier alpha value is -0.340. The highest BCUT2D eigenvalue weighted by atomic mass is 16.5. The van der Waals surface area contributed by atoms with Gasteiger partial charge in [-0.15, -0.1) is 0 Å². The van der Waals surface area contributed by atoms with Crippen molar-refractivity contribution >= 4 is 0 Å². The van der Waals surface area contributed by atoms with E-state index in [0.717, 1.165) is 5.57 Å². The predicted octanol–water partition coefficient (Wildman–Crippen LogP) is 0.538. The van der Waals surface area contributed by atoms with Crippen LogP contribution in [-0.4, -0.2) is 19.8 Å². The lowest BCUT2D eigenvalue weighted by Crippen LogP contribution is -2.08. The maximum atomic E-state index is 5.16. The zero-order valence-electron chi connectivity index (χ0n) is 5.31. The Balaban J connectivity index is 2.82. The van der Waals surface area contributed by atoms with Crippen molar-refractivity contribution in [3.8, 4) is 0 Å². The zero-order valence-corrected chi connectivity index (χ0v) is 5.31. The van der Waals surface area contributed by atoms with Gasteiger partial charge >= 0.3 is 0 Å². The Kier molecular flexibility index (Phi) is 4.61. The molecule has 0 spiro atoms. The average Bonchev–Trinajstić information content (AvgIpc) is 1.66. The van der Waals surface area contributed by atoms with E-state index >= 15 is 0 Å². The van der Waals surface area contributed by atoms with Gasteiger partial charge in [0.1, 0.15) is 0 Å². The normalized spacial score (nSPS) is 9.25. The molecule has 0 aromatic rings. The van der Waals surface area contributed by atoms with Crippen molar-refractivity contribution in [1.29, 1.82) is 0 Å². The van der Waals surface area contributed by atoms with Crippen LogP contribution in [0.5, 0.6) is 0 Å². The second-order valence-electron chi connectivity index (χ2n) is 1.80. The summed E-state index contributed by atoms with van der Waals surface area (Å²) in [5.41, 5.74) is 6.20. The summed E-state index contributed by atoms with van der Waals surface area (Å²) in [5, 5.41) is 0. The van der Waals surface area contributed by atoms with Crippen LogP contribution in [-0.2, 0) is 4.74 Å². The lowest BCUT2D eigenvalue weighted by Gasteiger charge is -1.98. The number of rotatable bonds is 4. The first kappa shape index (κ1) is 7.66. The quantitative estimate of drug-likeness (QED) is 0.428. The molecule has 2 nitrogen and oxygen atoms in total. The molecule has 0 unspecified atom stereocenters. The van der Waals surface area contributed by atoms with Crippen LogP contribution in [0.1, 0.15) is 6.92 Å². The molecule has 0 aliphatic carbocycles. The molecule has 8 heavy (non-hydrogen) atoms. The maximum absolute atomic E-state index is 5.16. The van der Waals surface area contributed by atoms with Crippen molar-refractivity contribution < 1.29 is 4.74 Å². The van der Waals surface area contributed by atoms with Gasteiger partial charge in [-0.3, -0.25) is 0 Å². The molecule has 0 heterocycles. The fraction of sp³-hybridized carbons (Fsp3) is 0.667. The number of ether oxygens (including phenoxy) is 1. The smallest absolute Gasteiger partial charge is 0.0672 e. The summed E-state index contributed by atoms with van der Waals surface area (Å²) < 4.78 is 5.02. The van der Waals surface area contributed by atoms with Gasteiger partial charge in [-0.25, -0.2) is 0 Å². The largest absolute Gasteiger partial charge is 0.376 e. The lowest BCUT2D eigenvalue weighted by molar-refractivity contribution is 0.164. The number of nitrogens with two attached hydrogens (primary N) is 1.